The summed E-state index contributed by atoms with van der Waals surface area (Å²) >= 11 is 0. The number of ether oxygens (including phenoxy) is 2. The van der Waals surface area contributed by atoms with Crippen LogP contribution in [0, 0.1) is 17.3 Å². The van der Waals surface area contributed by atoms with Crippen LogP contribution in [0.3, 0.4) is 0 Å². The van der Waals surface area contributed by atoms with E-state index in [1.807, 2.05) is 0 Å². The smallest absolute Gasteiger partial charge is 0.327 e. The molecule has 2 unspecified atom stereocenters. The first-order valence-corrected chi connectivity index (χ1v) is 7.05. The number of rotatable bonds is 4. The fourth-order valence-corrected chi connectivity index (χ4v) is 3.47. The third-order valence-electron chi connectivity index (χ3n) is 4.21. The second kappa shape index (κ2) is 5.38. The number of hydrogen-bond acceptors (Lipinski definition) is 5. The molecule has 0 N–H and O–H groups in total. The summed E-state index contributed by atoms with van der Waals surface area (Å²) in [6, 6.07) is 0. The molecule has 20 heavy (non-hydrogen) atoms. The molecule has 2 aliphatic rings. The molecule has 2 atom stereocenters. The van der Waals surface area contributed by atoms with E-state index in [1.165, 1.54) is 0 Å². The number of Topliss-reactive ketones (excluding diaryl/α,β-unsaturated/α-hetero) is 1. The molecule has 5 nitrogen and oxygen atoms in total. The van der Waals surface area contributed by atoms with Crippen LogP contribution in [0.1, 0.15) is 33.6 Å². The first kappa shape index (κ1) is 14.8. The van der Waals surface area contributed by atoms with Crippen LogP contribution in [0.2, 0.25) is 0 Å². The number of fused-ring (bicyclic) bond motifs is 1. The highest BCUT2D eigenvalue weighted by atomic mass is 16.6. The minimum atomic E-state index is -1.44. The Bertz CT molecular complexity index is 459. The number of carbonyl (C=O) groups is 3. The lowest BCUT2D eigenvalue weighted by atomic mass is 9.75. The zero-order chi connectivity index (χ0) is 14.9. The van der Waals surface area contributed by atoms with Crippen molar-refractivity contribution in [2.45, 2.75) is 33.6 Å². The van der Waals surface area contributed by atoms with Gasteiger partial charge in [0.15, 0.2) is 5.41 Å². The molecule has 110 valence electrons. The third kappa shape index (κ3) is 1.96. The molecule has 0 aromatic rings. The molecule has 1 saturated carbocycles. The third-order valence-corrected chi connectivity index (χ3v) is 4.21. The van der Waals surface area contributed by atoms with Crippen LogP contribution in [-0.4, -0.2) is 30.9 Å². The largest absolute Gasteiger partial charge is 0.465 e. The molecule has 0 spiro atoms. The summed E-state index contributed by atoms with van der Waals surface area (Å²) in [6.07, 6.45) is 2.52. The maximum atomic E-state index is 12.4. The summed E-state index contributed by atoms with van der Waals surface area (Å²) in [7, 11) is 0. The SMILES string of the molecule is CCOC(=O)C1(C(=O)OCC)C=C(C)C2C(=O)CCC21. The first-order valence-electron chi connectivity index (χ1n) is 7.05. The molecule has 1 fully saturated rings. The molecular formula is C15H20O5. The minimum absolute atomic E-state index is 0.0965. The van der Waals surface area contributed by atoms with Gasteiger partial charge in [-0.3, -0.25) is 14.4 Å². The number of carbonyl (C=O) groups excluding carboxylic acids is 3. The van der Waals surface area contributed by atoms with E-state index >= 15 is 0 Å². The Hall–Kier alpha value is -1.65. The highest BCUT2D eigenvalue weighted by Crippen LogP contribution is 2.53. The second-order valence-corrected chi connectivity index (χ2v) is 5.29. The van der Waals surface area contributed by atoms with Crippen molar-refractivity contribution >= 4 is 17.7 Å². The van der Waals surface area contributed by atoms with Crippen molar-refractivity contribution in [2.75, 3.05) is 13.2 Å². The summed E-state index contributed by atoms with van der Waals surface area (Å²) in [5.41, 5.74) is -0.661. The predicted molar refractivity (Wildman–Crippen MR) is 70.7 cm³/mol. The van der Waals surface area contributed by atoms with Gasteiger partial charge < -0.3 is 9.47 Å². The fourth-order valence-electron chi connectivity index (χ4n) is 3.47. The average molecular weight is 280 g/mol. The van der Waals surface area contributed by atoms with Crippen LogP contribution in [0.25, 0.3) is 0 Å². The van der Waals surface area contributed by atoms with Crippen molar-refractivity contribution in [1.29, 1.82) is 0 Å². The van der Waals surface area contributed by atoms with Crippen molar-refractivity contribution in [3.63, 3.8) is 0 Å². The zero-order valence-electron chi connectivity index (χ0n) is 12.1. The first-order chi connectivity index (χ1) is 9.48. The average Bonchev–Trinajstić information content (AvgIpc) is 2.91. The summed E-state index contributed by atoms with van der Waals surface area (Å²) in [5.74, 6) is -1.80. The van der Waals surface area contributed by atoms with Gasteiger partial charge in [-0.25, -0.2) is 0 Å². The molecule has 0 bridgehead atoms. The lowest BCUT2D eigenvalue weighted by Crippen LogP contribution is -2.45. The molecule has 0 aromatic heterocycles. The summed E-state index contributed by atoms with van der Waals surface area (Å²) in [5, 5.41) is 0. The molecule has 0 aromatic carbocycles. The Morgan fingerprint density at radius 2 is 1.80 bits per heavy atom. The van der Waals surface area contributed by atoms with Crippen LogP contribution >= 0.6 is 0 Å². The molecule has 0 aliphatic heterocycles. The topological polar surface area (TPSA) is 69.7 Å². The van der Waals surface area contributed by atoms with E-state index in [9.17, 15) is 14.4 Å². The lowest BCUT2D eigenvalue weighted by molar-refractivity contribution is -0.171. The minimum Gasteiger partial charge on any atom is -0.465 e. The van der Waals surface area contributed by atoms with Crippen molar-refractivity contribution in [2.24, 2.45) is 17.3 Å². The van der Waals surface area contributed by atoms with Gasteiger partial charge in [0.25, 0.3) is 0 Å². The van der Waals surface area contributed by atoms with Crippen molar-refractivity contribution in [3.05, 3.63) is 11.6 Å². The molecule has 2 rings (SSSR count). The molecule has 2 aliphatic carbocycles. The van der Waals surface area contributed by atoms with E-state index < -0.39 is 17.4 Å². The van der Waals surface area contributed by atoms with Crippen LogP contribution < -0.4 is 0 Å². The maximum absolute atomic E-state index is 12.4. The van der Waals surface area contributed by atoms with E-state index in [1.54, 1.807) is 26.8 Å². The summed E-state index contributed by atoms with van der Waals surface area (Å²) in [6.45, 7) is 5.57. The van der Waals surface area contributed by atoms with E-state index in [0.29, 0.717) is 12.8 Å². The van der Waals surface area contributed by atoms with E-state index in [-0.39, 0.29) is 30.8 Å². The van der Waals surface area contributed by atoms with Crippen molar-refractivity contribution in [1.82, 2.24) is 0 Å². The Kier molecular flexibility index (Phi) is 3.97. The number of hydrogen-bond donors (Lipinski definition) is 0. The van der Waals surface area contributed by atoms with Gasteiger partial charge in [0, 0.05) is 18.3 Å². The van der Waals surface area contributed by atoms with Gasteiger partial charge in [-0.05, 0) is 27.2 Å². The van der Waals surface area contributed by atoms with Gasteiger partial charge >= 0.3 is 11.9 Å². The molecular weight excluding hydrogens is 260 g/mol. The van der Waals surface area contributed by atoms with Crippen LogP contribution in [0.15, 0.2) is 11.6 Å². The number of ketones is 1. The van der Waals surface area contributed by atoms with Gasteiger partial charge in [0.2, 0.25) is 0 Å². The van der Waals surface area contributed by atoms with Gasteiger partial charge in [-0.2, -0.15) is 0 Å². The number of allylic oxidation sites excluding steroid dienone is 1. The fraction of sp³-hybridized carbons (Fsp3) is 0.667. The van der Waals surface area contributed by atoms with Crippen molar-refractivity contribution < 1.29 is 23.9 Å². The molecule has 0 amide bonds. The van der Waals surface area contributed by atoms with Gasteiger partial charge in [-0.1, -0.05) is 11.6 Å². The Morgan fingerprint density at radius 1 is 1.25 bits per heavy atom. The van der Waals surface area contributed by atoms with E-state index in [0.717, 1.165) is 5.57 Å². The van der Waals surface area contributed by atoms with Gasteiger partial charge in [0.05, 0.1) is 13.2 Å². The van der Waals surface area contributed by atoms with Crippen LogP contribution in [-0.2, 0) is 23.9 Å². The predicted octanol–water partition coefficient (Wildman–Crippen LogP) is 1.65. The van der Waals surface area contributed by atoms with Gasteiger partial charge in [0.1, 0.15) is 5.78 Å². The van der Waals surface area contributed by atoms with Gasteiger partial charge in [-0.15, -0.1) is 0 Å². The summed E-state index contributed by atoms with van der Waals surface area (Å²) in [4.78, 5) is 36.8. The zero-order valence-corrected chi connectivity index (χ0v) is 12.1. The molecule has 0 heterocycles. The molecule has 0 saturated heterocycles. The van der Waals surface area contributed by atoms with E-state index in [2.05, 4.69) is 0 Å². The Labute approximate surface area is 118 Å². The second-order valence-electron chi connectivity index (χ2n) is 5.29. The Balaban J connectivity index is 2.45. The summed E-state index contributed by atoms with van der Waals surface area (Å²) < 4.78 is 10.2. The standard InChI is InChI=1S/C15H20O5/c1-4-19-13(17)15(14(18)20-5-2)8-9(3)12-10(15)6-7-11(12)16/h8,10,12H,4-7H2,1-3H3. The Morgan fingerprint density at radius 3 is 2.30 bits per heavy atom. The normalized spacial score (nSPS) is 26.9. The maximum Gasteiger partial charge on any atom is 0.327 e. The molecule has 5 heteroatoms. The number of esters is 2. The van der Waals surface area contributed by atoms with Crippen LogP contribution in [0.4, 0.5) is 0 Å². The molecule has 0 radical (unpaired) electrons. The monoisotopic (exact) mass is 280 g/mol. The highest BCUT2D eigenvalue weighted by Gasteiger charge is 2.62. The highest BCUT2D eigenvalue weighted by molar-refractivity contribution is 6.06. The van der Waals surface area contributed by atoms with Crippen molar-refractivity contribution in [3.8, 4) is 0 Å². The van der Waals surface area contributed by atoms with Crippen LogP contribution in [0.5, 0.6) is 0 Å². The quantitative estimate of drug-likeness (QED) is 0.445. The lowest BCUT2D eigenvalue weighted by Gasteiger charge is -2.29. The van der Waals surface area contributed by atoms with E-state index in [4.69, 9.17) is 9.47 Å².